The molecule has 3 N–H and O–H groups in total. The average Bonchev–Trinajstić information content (AvgIpc) is 3.43. The number of carboxylic acids is 1. The number of aliphatic carboxylic acids is 1. The largest absolute Gasteiger partial charge is 0.481 e. The van der Waals surface area contributed by atoms with E-state index in [1.165, 1.54) is 29.9 Å². The van der Waals surface area contributed by atoms with Crippen molar-refractivity contribution in [2.24, 2.45) is 11.8 Å². The molecule has 0 saturated carbocycles. The molecule has 5 nitrogen and oxygen atoms in total. The Morgan fingerprint density at radius 1 is 1.06 bits per heavy atom. The van der Waals surface area contributed by atoms with Gasteiger partial charge in [0.2, 0.25) is 0 Å². The van der Waals surface area contributed by atoms with Gasteiger partial charge >= 0.3 is 5.97 Å². The van der Waals surface area contributed by atoms with Crippen LogP contribution in [-0.4, -0.2) is 53.3 Å². The van der Waals surface area contributed by atoms with Gasteiger partial charge in [-0.2, -0.15) is 0 Å². The SMILES string of the molecule is O=C(O)CCC/C=C\C[C@@H]1[C@@H](CNCC(O)CCCCCCSc2ccccc2)[C@@H]2CC[C@H]1O2. The summed E-state index contributed by atoms with van der Waals surface area (Å²) in [6, 6.07) is 10.6. The monoisotopic (exact) mass is 489 g/mol. The van der Waals surface area contributed by atoms with E-state index in [0.29, 0.717) is 37.0 Å². The Balaban J connectivity index is 1.22. The second kappa shape index (κ2) is 15.6. The van der Waals surface area contributed by atoms with Crippen LogP contribution in [0.2, 0.25) is 0 Å². The van der Waals surface area contributed by atoms with Crippen molar-refractivity contribution in [2.75, 3.05) is 18.8 Å². The van der Waals surface area contributed by atoms with Gasteiger partial charge < -0.3 is 20.3 Å². The molecule has 2 bridgehead atoms. The summed E-state index contributed by atoms with van der Waals surface area (Å²) < 4.78 is 6.19. The van der Waals surface area contributed by atoms with Crippen molar-refractivity contribution < 1.29 is 19.7 Å². The molecule has 1 aromatic carbocycles. The average molecular weight is 490 g/mol. The van der Waals surface area contributed by atoms with Crippen molar-refractivity contribution in [3.63, 3.8) is 0 Å². The van der Waals surface area contributed by atoms with Crippen molar-refractivity contribution >= 4 is 17.7 Å². The second-order valence-corrected chi connectivity index (χ2v) is 11.0. The number of rotatable bonds is 18. The minimum absolute atomic E-state index is 0.240. The van der Waals surface area contributed by atoms with Gasteiger partial charge in [0.15, 0.2) is 0 Å². The predicted molar refractivity (Wildman–Crippen MR) is 139 cm³/mol. The van der Waals surface area contributed by atoms with E-state index in [0.717, 1.165) is 45.1 Å². The van der Waals surface area contributed by atoms with Gasteiger partial charge in [-0.05, 0) is 68.7 Å². The van der Waals surface area contributed by atoms with Crippen LogP contribution in [0.3, 0.4) is 0 Å². The first-order valence-electron chi connectivity index (χ1n) is 13.2. The molecule has 6 heteroatoms. The van der Waals surface area contributed by atoms with Crippen LogP contribution in [0.4, 0.5) is 0 Å². The smallest absolute Gasteiger partial charge is 0.303 e. The quantitative estimate of drug-likeness (QED) is 0.140. The van der Waals surface area contributed by atoms with Gasteiger partial charge in [-0.15, -0.1) is 11.8 Å². The molecule has 2 fully saturated rings. The minimum atomic E-state index is -0.721. The first-order valence-corrected chi connectivity index (χ1v) is 14.2. The summed E-state index contributed by atoms with van der Waals surface area (Å²) in [5.74, 6) is 1.49. The topological polar surface area (TPSA) is 78.8 Å². The molecular formula is C28H43NO4S. The van der Waals surface area contributed by atoms with Crippen LogP contribution in [0.15, 0.2) is 47.4 Å². The fourth-order valence-electron chi connectivity index (χ4n) is 5.28. The molecule has 0 amide bonds. The second-order valence-electron chi connectivity index (χ2n) is 9.79. The van der Waals surface area contributed by atoms with Gasteiger partial charge in [0, 0.05) is 30.3 Å². The van der Waals surface area contributed by atoms with E-state index >= 15 is 0 Å². The zero-order valence-corrected chi connectivity index (χ0v) is 21.3. The van der Waals surface area contributed by atoms with Gasteiger partial charge in [0.25, 0.3) is 0 Å². The number of aliphatic hydroxyl groups is 1. The Bertz CT molecular complexity index is 728. The third-order valence-corrected chi connectivity index (χ3v) is 8.23. The molecule has 0 radical (unpaired) electrons. The third kappa shape index (κ3) is 9.73. The Morgan fingerprint density at radius 3 is 2.62 bits per heavy atom. The fourth-order valence-corrected chi connectivity index (χ4v) is 6.22. The molecule has 3 rings (SSSR count). The summed E-state index contributed by atoms with van der Waals surface area (Å²) >= 11 is 1.93. The lowest BCUT2D eigenvalue weighted by Gasteiger charge is -2.28. The number of carbonyl (C=O) groups is 1. The van der Waals surface area contributed by atoms with E-state index in [2.05, 4.69) is 47.8 Å². The first-order chi connectivity index (χ1) is 16.6. The lowest BCUT2D eigenvalue weighted by atomic mass is 9.77. The van der Waals surface area contributed by atoms with Crippen molar-refractivity contribution in [1.29, 1.82) is 0 Å². The van der Waals surface area contributed by atoms with Crippen LogP contribution in [0.25, 0.3) is 0 Å². The number of aliphatic hydroxyl groups excluding tert-OH is 1. The molecule has 190 valence electrons. The molecule has 2 aliphatic heterocycles. The summed E-state index contributed by atoms with van der Waals surface area (Å²) in [5.41, 5.74) is 0. The number of nitrogens with one attached hydrogen (secondary N) is 1. The van der Waals surface area contributed by atoms with E-state index in [4.69, 9.17) is 9.84 Å². The molecule has 2 saturated heterocycles. The number of allylic oxidation sites excluding steroid dienone is 2. The van der Waals surface area contributed by atoms with Crippen molar-refractivity contribution in [1.82, 2.24) is 5.32 Å². The highest BCUT2D eigenvalue weighted by Gasteiger charge is 2.47. The fraction of sp³-hybridized carbons (Fsp3) is 0.679. The van der Waals surface area contributed by atoms with E-state index in [-0.39, 0.29) is 12.5 Å². The molecular weight excluding hydrogens is 446 g/mol. The maximum absolute atomic E-state index is 10.6. The maximum atomic E-state index is 10.6. The summed E-state index contributed by atoms with van der Waals surface area (Å²) in [5, 5.41) is 22.6. The minimum Gasteiger partial charge on any atom is -0.481 e. The number of fused-ring (bicyclic) bond motifs is 2. The Kier molecular flexibility index (Phi) is 12.5. The Hall–Kier alpha value is -1.34. The molecule has 1 aromatic rings. The van der Waals surface area contributed by atoms with Crippen molar-refractivity contribution in [3.05, 3.63) is 42.5 Å². The van der Waals surface area contributed by atoms with Crippen molar-refractivity contribution in [2.45, 2.75) is 93.8 Å². The van der Waals surface area contributed by atoms with E-state index in [1.54, 1.807) is 0 Å². The zero-order chi connectivity index (χ0) is 24.0. The number of unbranched alkanes of at least 4 members (excludes halogenated alkanes) is 4. The first kappa shape index (κ1) is 27.3. The van der Waals surface area contributed by atoms with Crippen LogP contribution in [-0.2, 0) is 9.53 Å². The van der Waals surface area contributed by atoms with Gasteiger partial charge in [0.1, 0.15) is 0 Å². The highest BCUT2D eigenvalue weighted by Crippen LogP contribution is 2.44. The zero-order valence-electron chi connectivity index (χ0n) is 20.4. The number of benzene rings is 1. The molecule has 2 heterocycles. The predicted octanol–water partition coefficient (Wildman–Crippen LogP) is 5.67. The maximum Gasteiger partial charge on any atom is 0.303 e. The van der Waals surface area contributed by atoms with E-state index < -0.39 is 5.97 Å². The normalized spacial score (nSPS) is 24.7. The van der Waals surface area contributed by atoms with E-state index in [9.17, 15) is 9.90 Å². The highest BCUT2D eigenvalue weighted by atomic mass is 32.2. The number of hydrogen-bond acceptors (Lipinski definition) is 5. The summed E-state index contributed by atoms with van der Waals surface area (Å²) in [4.78, 5) is 12.0. The van der Waals surface area contributed by atoms with Gasteiger partial charge in [-0.3, -0.25) is 4.79 Å². The molecule has 0 spiro atoms. The number of thioether (sulfide) groups is 1. The molecule has 5 atom stereocenters. The summed E-state index contributed by atoms with van der Waals surface area (Å²) in [7, 11) is 0. The van der Waals surface area contributed by atoms with Gasteiger partial charge in [-0.1, -0.05) is 49.6 Å². The van der Waals surface area contributed by atoms with Crippen LogP contribution in [0, 0.1) is 11.8 Å². The molecule has 2 aliphatic rings. The molecule has 0 aliphatic carbocycles. The lowest BCUT2D eigenvalue weighted by molar-refractivity contribution is -0.137. The molecule has 1 unspecified atom stereocenters. The van der Waals surface area contributed by atoms with Crippen LogP contribution < -0.4 is 5.32 Å². The van der Waals surface area contributed by atoms with Crippen LogP contribution in [0.5, 0.6) is 0 Å². The van der Waals surface area contributed by atoms with Gasteiger partial charge in [-0.25, -0.2) is 0 Å². The van der Waals surface area contributed by atoms with E-state index in [1.807, 2.05) is 11.8 Å². The Labute approximate surface area is 209 Å². The van der Waals surface area contributed by atoms with Gasteiger partial charge in [0.05, 0.1) is 18.3 Å². The Morgan fingerprint density at radius 2 is 1.82 bits per heavy atom. The lowest BCUT2D eigenvalue weighted by Crippen LogP contribution is -2.38. The molecule has 34 heavy (non-hydrogen) atoms. The standard InChI is InChI=1S/C28H43NO4S/c30-22(12-6-3-4-11-19-34-23-13-7-5-8-14-23)20-29-21-25-24(26-17-18-27(25)33-26)15-9-1-2-10-16-28(31)32/h1,5,7-9,13-14,22,24-27,29-30H,2-4,6,10-12,15-21H2,(H,31,32)/b9-1-/t22?,24-,25-,26-,27+/m1/s1. The van der Waals surface area contributed by atoms with Crippen LogP contribution in [0.1, 0.15) is 70.6 Å². The summed E-state index contributed by atoms with van der Waals surface area (Å²) in [6.07, 6.45) is 15.5. The highest BCUT2D eigenvalue weighted by molar-refractivity contribution is 7.99. The van der Waals surface area contributed by atoms with Crippen molar-refractivity contribution in [3.8, 4) is 0 Å². The number of hydrogen-bond donors (Lipinski definition) is 3. The summed E-state index contributed by atoms with van der Waals surface area (Å²) in [6.45, 7) is 1.57. The number of ether oxygens (including phenoxy) is 1. The molecule has 0 aromatic heterocycles. The number of carboxylic acid groups (broad SMARTS) is 1. The van der Waals surface area contributed by atoms with Crippen LogP contribution >= 0.6 is 11.8 Å². The third-order valence-electron chi connectivity index (χ3n) is 7.13.